The van der Waals surface area contributed by atoms with Gasteiger partial charge < -0.3 is 4.74 Å². The van der Waals surface area contributed by atoms with Crippen LogP contribution in [-0.2, 0) is 4.74 Å². The Hall–Kier alpha value is 0.270. The lowest BCUT2D eigenvalue weighted by Gasteiger charge is -2.41. The van der Waals surface area contributed by atoms with Gasteiger partial charge in [0.1, 0.15) is 0 Å². The molecular formula is C7H15NOS. The molecule has 1 heterocycles. The van der Waals surface area contributed by atoms with Crippen LogP contribution in [0.4, 0.5) is 0 Å². The summed E-state index contributed by atoms with van der Waals surface area (Å²) < 4.78 is 8.13. The highest BCUT2D eigenvalue weighted by molar-refractivity contribution is 7.78. The Morgan fingerprint density at radius 1 is 1.60 bits per heavy atom. The SMILES string of the molecule is CC(C)CC1(NS)COC1. The van der Waals surface area contributed by atoms with Crippen molar-refractivity contribution in [1.29, 1.82) is 0 Å². The third-order valence-electron chi connectivity index (χ3n) is 1.79. The molecule has 1 aliphatic rings. The first kappa shape index (κ1) is 8.37. The summed E-state index contributed by atoms with van der Waals surface area (Å²) in [6.07, 6.45) is 1.15. The zero-order chi connectivity index (χ0) is 7.61. The molecule has 1 aliphatic heterocycles. The van der Waals surface area contributed by atoms with E-state index in [0.29, 0.717) is 5.92 Å². The molecule has 0 amide bonds. The van der Waals surface area contributed by atoms with Crippen LogP contribution in [0.5, 0.6) is 0 Å². The third kappa shape index (κ3) is 1.65. The lowest BCUT2D eigenvalue weighted by atomic mass is 9.88. The highest BCUT2D eigenvalue weighted by Gasteiger charge is 2.37. The molecule has 1 rings (SSSR count). The van der Waals surface area contributed by atoms with Crippen LogP contribution in [-0.4, -0.2) is 18.8 Å². The minimum Gasteiger partial charge on any atom is -0.377 e. The van der Waals surface area contributed by atoms with E-state index in [1.807, 2.05) is 0 Å². The zero-order valence-electron chi connectivity index (χ0n) is 6.55. The number of hydrogen-bond acceptors (Lipinski definition) is 3. The quantitative estimate of drug-likeness (QED) is 0.608. The van der Waals surface area contributed by atoms with Gasteiger partial charge in [0.05, 0.1) is 18.8 Å². The first-order valence-corrected chi connectivity index (χ1v) is 4.12. The Balaban J connectivity index is 2.33. The van der Waals surface area contributed by atoms with E-state index in [1.54, 1.807) is 0 Å². The van der Waals surface area contributed by atoms with Crippen LogP contribution in [0.2, 0.25) is 0 Å². The lowest BCUT2D eigenvalue weighted by molar-refractivity contribution is -0.0701. The molecular weight excluding hydrogens is 146 g/mol. The molecule has 0 aromatic carbocycles. The Morgan fingerprint density at radius 3 is 2.30 bits per heavy atom. The molecule has 1 saturated heterocycles. The van der Waals surface area contributed by atoms with E-state index in [0.717, 1.165) is 19.6 Å². The largest absolute Gasteiger partial charge is 0.377 e. The van der Waals surface area contributed by atoms with Gasteiger partial charge in [-0.05, 0) is 12.3 Å². The van der Waals surface area contributed by atoms with Gasteiger partial charge in [0, 0.05) is 0 Å². The summed E-state index contributed by atoms with van der Waals surface area (Å²) in [5.74, 6) is 0.712. The molecule has 1 fully saturated rings. The number of hydrogen-bond donors (Lipinski definition) is 2. The summed E-state index contributed by atoms with van der Waals surface area (Å²) in [4.78, 5) is 0. The summed E-state index contributed by atoms with van der Waals surface area (Å²) in [7, 11) is 0. The van der Waals surface area contributed by atoms with Gasteiger partial charge in [0.25, 0.3) is 0 Å². The summed E-state index contributed by atoms with van der Waals surface area (Å²) in [5, 5.41) is 0. The van der Waals surface area contributed by atoms with Crippen molar-refractivity contribution in [2.24, 2.45) is 5.92 Å². The highest BCUT2D eigenvalue weighted by atomic mass is 32.1. The second-order valence-electron chi connectivity index (χ2n) is 3.48. The van der Waals surface area contributed by atoms with Crippen LogP contribution < -0.4 is 4.72 Å². The van der Waals surface area contributed by atoms with Gasteiger partial charge in [-0.2, -0.15) is 0 Å². The van der Waals surface area contributed by atoms with E-state index >= 15 is 0 Å². The first-order chi connectivity index (χ1) is 4.68. The number of rotatable bonds is 3. The van der Waals surface area contributed by atoms with Crippen LogP contribution in [0.15, 0.2) is 0 Å². The Kier molecular flexibility index (Phi) is 2.61. The average Bonchev–Trinajstić information content (AvgIpc) is 1.78. The second kappa shape index (κ2) is 3.11. The molecule has 60 valence electrons. The van der Waals surface area contributed by atoms with Gasteiger partial charge in [-0.25, -0.2) is 0 Å². The van der Waals surface area contributed by atoms with Crippen molar-refractivity contribution in [2.75, 3.05) is 13.2 Å². The summed E-state index contributed by atoms with van der Waals surface area (Å²) >= 11 is 4.08. The first-order valence-electron chi connectivity index (χ1n) is 3.67. The summed E-state index contributed by atoms with van der Waals surface area (Å²) in [5.41, 5.74) is 0.178. The van der Waals surface area contributed by atoms with Gasteiger partial charge in [0.15, 0.2) is 0 Å². The maximum Gasteiger partial charge on any atom is 0.0748 e. The van der Waals surface area contributed by atoms with Crippen molar-refractivity contribution in [1.82, 2.24) is 4.72 Å². The maximum atomic E-state index is 5.12. The standard InChI is InChI=1S/C7H15NOS/c1-6(2)3-7(8-10)4-9-5-7/h6,8,10H,3-5H2,1-2H3. The predicted molar refractivity (Wildman–Crippen MR) is 45.1 cm³/mol. The van der Waals surface area contributed by atoms with Crippen molar-refractivity contribution >= 4 is 12.8 Å². The molecule has 3 heteroatoms. The molecule has 0 aromatic heterocycles. The summed E-state index contributed by atoms with van der Waals surface area (Å²) in [6.45, 7) is 6.06. The Bertz CT molecular complexity index is 107. The minimum atomic E-state index is 0.178. The molecule has 0 aromatic rings. The minimum absolute atomic E-state index is 0.178. The predicted octanol–water partition coefficient (Wildman–Crippen LogP) is 1.24. The van der Waals surface area contributed by atoms with Gasteiger partial charge >= 0.3 is 0 Å². The molecule has 0 unspecified atom stereocenters. The van der Waals surface area contributed by atoms with Crippen LogP contribution in [0, 0.1) is 5.92 Å². The molecule has 0 radical (unpaired) electrons. The smallest absolute Gasteiger partial charge is 0.0748 e. The fourth-order valence-electron chi connectivity index (χ4n) is 1.36. The fraction of sp³-hybridized carbons (Fsp3) is 1.00. The van der Waals surface area contributed by atoms with Crippen molar-refractivity contribution in [3.05, 3.63) is 0 Å². The lowest BCUT2D eigenvalue weighted by Crippen LogP contribution is -2.57. The topological polar surface area (TPSA) is 21.3 Å². The van der Waals surface area contributed by atoms with Gasteiger partial charge in [0.2, 0.25) is 0 Å². The molecule has 2 nitrogen and oxygen atoms in total. The molecule has 0 aliphatic carbocycles. The van der Waals surface area contributed by atoms with Gasteiger partial charge in [-0.15, -0.1) is 0 Å². The fourth-order valence-corrected chi connectivity index (χ4v) is 1.58. The zero-order valence-corrected chi connectivity index (χ0v) is 7.45. The summed E-state index contributed by atoms with van der Waals surface area (Å²) in [6, 6.07) is 0. The van der Waals surface area contributed by atoms with Gasteiger partial charge in [-0.1, -0.05) is 26.7 Å². The Morgan fingerprint density at radius 2 is 2.20 bits per heavy atom. The van der Waals surface area contributed by atoms with Crippen molar-refractivity contribution in [3.8, 4) is 0 Å². The number of nitrogens with one attached hydrogen (secondary N) is 1. The monoisotopic (exact) mass is 161 g/mol. The van der Waals surface area contributed by atoms with Crippen molar-refractivity contribution < 1.29 is 4.74 Å². The molecule has 0 atom stereocenters. The van der Waals surface area contributed by atoms with E-state index in [2.05, 4.69) is 31.4 Å². The van der Waals surface area contributed by atoms with Crippen LogP contribution in [0.3, 0.4) is 0 Å². The highest BCUT2D eigenvalue weighted by Crippen LogP contribution is 2.25. The van der Waals surface area contributed by atoms with E-state index in [4.69, 9.17) is 4.74 Å². The van der Waals surface area contributed by atoms with E-state index in [1.165, 1.54) is 0 Å². The van der Waals surface area contributed by atoms with Crippen LogP contribution >= 0.6 is 12.8 Å². The third-order valence-corrected chi connectivity index (χ3v) is 2.27. The maximum absolute atomic E-state index is 5.12. The molecule has 10 heavy (non-hydrogen) atoms. The normalized spacial score (nSPS) is 22.8. The van der Waals surface area contributed by atoms with Crippen molar-refractivity contribution in [2.45, 2.75) is 25.8 Å². The molecule has 0 bridgehead atoms. The van der Waals surface area contributed by atoms with E-state index < -0.39 is 0 Å². The van der Waals surface area contributed by atoms with E-state index in [9.17, 15) is 0 Å². The number of thiol groups is 1. The van der Waals surface area contributed by atoms with Gasteiger partial charge in [-0.3, -0.25) is 4.72 Å². The Labute approximate surface area is 67.9 Å². The van der Waals surface area contributed by atoms with Crippen molar-refractivity contribution in [3.63, 3.8) is 0 Å². The second-order valence-corrected chi connectivity index (χ2v) is 3.71. The van der Waals surface area contributed by atoms with E-state index in [-0.39, 0.29) is 5.54 Å². The van der Waals surface area contributed by atoms with Crippen LogP contribution in [0.1, 0.15) is 20.3 Å². The van der Waals surface area contributed by atoms with Crippen LogP contribution in [0.25, 0.3) is 0 Å². The average molecular weight is 161 g/mol. The molecule has 0 saturated carbocycles. The molecule has 0 spiro atoms. The molecule has 1 N–H and O–H groups in total. The number of ether oxygens (including phenoxy) is 1.